The Balaban J connectivity index is 0.00000324. The van der Waals surface area contributed by atoms with E-state index in [2.05, 4.69) is 97.9 Å². The zero-order chi connectivity index (χ0) is 44.5. The van der Waals surface area contributed by atoms with Crippen LogP contribution in [0.25, 0.3) is 0 Å². The maximum atomic E-state index is 6.74. The molecule has 0 radical (unpaired) electrons. The molecule has 9 fully saturated rings. The zero-order valence-electron chi connectivity index (χ0n) is 42.4. The Hall–Kier alpha value is -0.0426. The van der Waals surface area contributed by atoms with E-state index in [1.807, 2.05) is 0 Å². The molecule has 5 aliphatic heterocycles. The fourth-order valence-electron chi connectivity index (χ4n) is 15.3. The minimum atomic E-state index is -0.0517. The van der Waals surface area contributed by atoms with Crippen LogP contribution in [0.4, 0.5) is 0 Å². The van der Waals surface area contributed by atoms with E-state index in [0.717, 1.165) is 51.4 Å². The predicted octanol–water partition coefficient (Wildman–Crippen LogP) is -0.158. The van der Waals surface area contributed by atoms with Crippen LogP contribution in [0.1, 0.15) is 108 Å². The van der Waals surface area contributed by atoms with Gasteiger partial charge in [0.1, 0.15) is 0 Å². The van der Waals surface area contributed by atoms with Crippen molar-refractivity contribution in [2.45, 2.75) is 205 Å². The van der Waals surface area contributed by atoms with E-state index in [4.69, 9.17) is 37.9 Å². The quantitative estimate of drug-likeness (QED) is 0.0962. The van der Waals surface area contributed by atoms with Gasteiger partial charge in [-0.2, -0.15) is 0 Å². The molecule has 16 unspecified atom stereocenters. The van der Waals surface area contributed by atoms with E-state index in [0.29, 0.717) is 52.9 Å². The van der Waals surface area contributed by atoms with Gasteiger partial charge in [-0.1, -0.05) is 0 Å². The van der Waals surface area contributed by atoms with Gasteiger partial charge in [-0.3, -0.25) is 42.5 Å². The second-order valence-electron chi connectivity index (χ2n) is 20.0. The molecule has 65 heavy (non-hydrogen) atoms. The SMILES string of the molecule is CCOC1CCC(OCC)C2C3NC(NC4NC(NC5NC(NC6NC(N3)C3C(OCC)CCC(OCC)C63)C3C(OCC)CCC(OCC)C53)C3C(OCC)CCC(OCC)C43)C12.[H-].[Li+]. The Labute approximate surface area is 404 Å². The molecule has 17 heteroatoms. The van der Waals surface area contributed by atoms with Gasteiger partial charge in [-0.15, -0.1) is 0 Å². The van der Waals surface area contributed by atoms with Crippen LogP contribution in [0.15, 0.2) is 0 Å². The first-order valence-corrected chi connectivity index (χ1v) is 26.4. The molecular formula is C48H89LiN8O8. The molecule has 4 saturated carbocycles. The van der Waals surface area contributed by atoms with E-state index in [-0.39, 0.29) is 166 Å². The van der Waals surface area contributed by atoms with Crippen molar-refractivity contribution < 1.29 is 58.2 Å². The molecule has 370 valence electrons. The monoisotopic (exact) mass is 913 g/mol. The van der Waals surface area contributed by atoms with E-state index >= 15 is 0 Å². The Bertz CT molecular complexity index is 1170. The van der Waals surface area contributed by atoms with Crippen molar-refractivity contribution in [3.63, 3.8) is 0 Å². The number of hydrogen-bond acceptors (Lipinski definition) is 16. The first kappa shape index (κ1) is 51.3. The third-order valence-electron chi connectivity index (χ3n) is 17.2. The largest absolute Gasteiger partial charge is 1.00 e. The zero-order valence-corrected chi connectivity index (χ0v) is 41.4. The summed E-state index contributed by atoms with van der Waals surface area (Å²) in [5.74, 6) is 1.35. The third-order valence-corrected chi connectivity index (χ3v) is 17.2. The van der Waals surface area contributed by atoms with Crippen molar-refractivity contribution in [3.8, 4) is 0 Å². The molecule has 16 atom stereocenters. The smallest absolute Gasteiger partial charge is 1.00 e. The van der Waals surface area contributed by atoms with Gasteiger partial charge in [-0.05, 0) is 107 Å². The summed E-state index contributed by atoms with van der Waals surface area (Å²) in [6.07, 6.45) is 8.05. The summed E-state index contributed by atoms with van der Waals surface area (Å²) >= 11 is 0. The Morgan fingerprint density at radius 3 is 0.446 bits per heavy atom. The van der Waals surface area contributed by atoms with Gasteiger partial charge >= 0.3 is 18.9 Å². The topological polar surface area (TPSA) is 170 Å². The fourth-order valence-corrected chi connectivity index (χ4v) is 15.3. The van der Waals surface area contributed by atoms with Crippen molar-refractivity contribution >= 4 is 0 Å². The summed E-state index contributed by atoms with van der Waals surface area (Å²) in [5.41, 5.74) is 0. The van der Waals surface area contributed by atoms with Crippen molar-refractivity contribution in [1.82, 2.24) is 42.5 Å². The second kappa shape index (κ2) is 23.5. The number of rotatable bonds is 16. The van der Waals surface area contributed by atoms with Crippen LogP contribution in [0.3, 0.4) is 0 Å². The molecular weight excluding hydrogens is 824 g/mol. The van der Waals surface area contributed by atoms with Crippen LogP contribution in [-0.2, 0) is 37.9 Å². The molecule has 5 heterocycles. The second-order valence-corrected chi connectivity index (χ2v) is 20.0. The Kier molecular flexibility index (Phi) is 18.5. The van der Waals surface area contributed by atoms with Gasteiger partial charge in [0.15, 0.2) is 0 Å². The molecule has 4 aliphatic carbocycles. The van der Waals surface area contributed by atoms with Gasteiger partial charge in [-0.25, -0.2) is 0 Å². The Morgan fingerprint density at radius 1 is 0.246 bits per heavy atom. The number of nitrogens with one attached hydrogen (secondary N) is 8. The van der Waals surface area contributed by atoms with Crippen molar-refractivity contribution in [1.29, 1.82) is 0 Å². The number of fused-ring (bicyclic) bond motifs is 20. The van der Waals surface area contributed by atoms with Crippen molar-refractivity contribution in [3.05, 3.63) is 0 Å². The van der Waals surface area contributed by atoms with E-state index in [1.54, 1.807) is 0 Å². The number of ether oxygens (including phenoxy) is 8. The molecule has 0 aromatic carbocycles. The average molecular weight is 913 g/mol. The first-order valence-electron chi connectivity index (χ1n) is 26.4. The summed E-state index contributed by atoms with van der Waals surface area (Å²) < 4.78 is 53.9. The van der Waals surface area contributed by atoms with Gasteiger partial charge in [0.25, 0.3) is 0 Å². The summed E-state index contributed by atoms with van der Waals surface area (Å²) in [6.45, 7) is 22.6. The summed E-state index contributed by atoms with van der Waals surface area (Å²) in [5, 5.41) is 34.2. The maximum Gasteiger partial charge on any atom is 1.00 e. The summed E-state index contributed by atoms with van der Waals surface area (Å²) in [4.78, 5) is 0. The predicted molar refractivity (Wildman–Crippen MR) is 245 cm³/mol. The summed E-state index contributed by atoms with van der Waals surface area (Å²) in [6, 6.07) is 0. The molecule has 16 nitrogen and oxygen atoms in total. The normalized spacial score (nSPS) is 49.1. The van der Waals surface area contributed by atoms with Crippen LogP contribution in [-0.4, -0.2) is 151 Å². The molecule has 0 spiro atoms. The third kappa shape index (κ3) is 10.1. The molecule has 0 amide bonds. The first-order chi connectivity index (χ1) is 31.4. The molecule has 0 aromatic rings. The van der Waals surface area contributed by atoms with Gasteiger partial charge < -0.3 is 39.3 Å². The molecule has 5 saturated heterocycles. The van der Waals surface area contributed by atoms with Crippen molar-refractivity contribution in [2.24, 2.45) is 47.3 Å². The van der Waals surface area contributed by atoms with E-state index in [1.165, 1.54) is 0 Å². The standard InChI is InChI=1S/C48H88N8O8.Li.H/c1-9-57-25-17-18-26(58-10-2)34-33(25)41-49-42(34)54-44-37-29(61-13-5)21-22-30(62-14-6)38(37)46(51-44)56-48-40-32(64-16-8)24-23-31(63-15-7)39(40)47(52-48)55-45-36-28(60-12-4)20-19-27(59-11-3)35(36)43(50-45)53-41;;/h25-56H,9-24H2,1-8H3;;/q;+1;-1. The van der Waals surface area contributed by atoms with E-state index < -0.39 is 0 Å². The van der Waals surface area contributed by atoms with Crippen LogP contribution in [0, 0.1) is 47.3 Å². The number of hydrogen-bond donors (Lipinski definition) is 8. The molecule has 0 aromatic heterocycles. The van der Waals surface area contributed by atoms with Crippen LogP contribution >= 0.6 is 0 Å². The van der Waals surface area contributed by atoms with Crippen LogP contribution < -0.4 is 61.4 Å². The Morgan fingerprint density at radius 2 is 0.354 bits per heavy atom. The maximum absolute atomic E-state index is 6.74. The molecule has 8 bridgehead atoms. The summed E-state index contributed by atoms with van der Waals surface area (Å²) in [7, 11) is 0. The molecule has 9 aliphatic rings. The van der Waals surface area contributed by atoms with Crippen LogP contribution in [0.2, 0.25) is 0 Å². The van der Waals surface area contributed by atoms with Gasteiger partial charge in [0.05, 0.1) is 98.2 Å². The van der Waals surface area contributed by atoms with Crippen LogP contribution in [0.5, 0.6) is 0 Å². The average Bonchev–Trinajstić information content (AvgIpc) is 4.04. The van der Waals surface area contributed by atoms with E-state index in [9.17, 15) is 0 Å². The van der Waals surface area contributed by atoms with Gasteiger partial charge in [0, 0.05) is 100 Å². The molecule has 8 N–H and O–H groups in total. The van der Waals surface area contributed by atoms with Crippen molar-refractivity contribution in [2.75, 3.05) is 52.9 Å². The minimum absolute atomic E-state index is 0. The minimum Gasteiger partial charge on any atom is -1.00 e. The molecule has 9 rings (SSSR count). The van der Waals surface area contributed by atoms with Gasteiger partial charge in [0.2, 0.25) is 0 Å². The fraction of sp³-hybridized carbons (Fsp3) is 1.00.